The Labute approximate surface area is 100 Å². The average molecular weight is 239 g/mol. The van der Waals surface area contributed by atoms with Crippen molar-refractivity contribution >= 4 is 11.9 Å². The van der Waals surface area contributed by atoms with Gasteiger partial charge in [-0.15, -0.1) is 0 Å². The first-order valence-corrected chi connectivity index (χ1v) is 5.50. The number of carbonyl (C=O) groups excluding carboxylic acids is 1. The Balaban J connectivity index is 2.81. The van der Waals surface area contributed by atoms with E-state index in [4.69, 9.17) is 9.52 Å². The first-order chi connectivity index (χ1) is 7.93. The Kier molecular flexibility index (Phi) is 4.31. The fourth-order valence-corrected chi connectivity index (χ4v) is 1.57. The lowest BCUT2D eigenvalue weighted by molar-refractivity contribution is -0.137. The lowest BCUT2D eigenvalue weighted by atomic mass is 10.2. The van der Waals surface area contributed by atoms with Gasteiger partial charge in [-0.1, -0.05) is 0 Å². The molecule has 0 bridgehead atoms. The van der Waals surface area contributed by atoms with Crippen LogP contribution in [0, 0.1) is 6.92 Å². The van der Waals surface area contributed by atoms with Crippen molar-refractivity contribution < 1.29 is 19.1 Å². The molecule has 1 heterocycles. The van der Waals surface area contributed by atoms with Crippen molar-refractivity contribution in [2.24, 2.45) is 0 Å². The first-order valence-electron chi connectivity index (χ1n) is 5.50. The van der Waals surface area contributed by atoms with Crippen LogP contribution in [0.15, 0.2) is 16.7 Å². The molecule has 0 aliphatic heterocycles. The zero-order chi connectivity index (χ0) is 13.0. The van der Waals surface area contributed by atoms with Gasteiger partial charge in [0.25, 0.3) is 5.91 Å². The largest absolute Gasteiger partial charge is 0.481 e. The molecule has 0 aliphatic carbocycles. The van der Waals surface area contributed by atoms with Crippen molar-refractivity contribution in [2.45, 2.75) is 33.2 Å². The van der Waals surface area contributed by atoms with E-state index in [1.54, 1.807) is 13.0 Å². The van der Waals surface area contributed by atoms with Gasteiger partial charge in [-0.2, -0.15) is 0 Å². The number of hydrogen-bond acceptors (Lipinski definition) is 3. The van der Waals surface area contributed by atoms with Crippen molar-refractivity contribution in [1.29, 1.82) is 0 Å². The highest BCUT2D eigenvalue weighted by atomic mass is 16.4. The number of rotatable bonds is 5. The first kappa shape index (κ1) is 13.3. The van der Waals surface area contributed by atoms with Crippen LogP contribution >= 0.6 is 0 Å². The zero-order valence-corrected chi connectivity index (χ0v) is 10.3. The third-order valence-electron chi connectivity index (χ3n) is 2.54. The molecule has 1 amide bonds. The van der Waals surface area contributed by atoms with Gasteiger partial charge in [0.15, 0.2) is 0 Å². The summed E-state index contributed by atoms with van der Waals surface area (Å²) in [4.78, 5) is 24.2. The molecule has 0 saturated carbocycles. The van der Waals surface area contributed by atoms with Gasteiger partial charge >= 0.3 is 5.97 Å². The van der Waals surface area contributed by atoms with E-state index in [2.05, 4.69) is 0 Å². The zero-order valence-electron chi connectivity index (χ0n) is 10.3. The van der Waals surface area contributed by atoms with Gasteiger partial charge < -0.3 is 14.4 Å². The van der Waals surface area contributed by atoms with E-state index in [0.717, 1.165) is 0 Å². The Morgan fingerprint density at radius 1 is 1.47 bits per heavy atom. The van der Waals surface area contributed by atoms with E-state index < -0.39 is 5.97 Å². The van der Waals surface area contributed by atoms with Crippen LogP contribution in [-0.4, -0.2) is 34.5 Å². The van der Waals surface area contributed by atoms with Crippen LogP contribution in [-0.2, 0) is 4.79 Å². The molecule has 94 valence electrons. The predicted octanol–water partition coefficient (Wildman–Crippen LogP) is 1.91. The lowest BCUT2D eigenvalue weighted by Crippen LogP contribution is -2.38. The van der Waals surface area contributed by atoms with Crippen molar-refractivity contribution in [3.8, 4) is 0 Å². The fourth-order valence-electron chi connectivity index (χ4n) is 1.57. The molecular weight excluding hydrogens is 222 g/mol. The summed E-state index contributed by atoms with van der Waals surface area (Å²) in [5.74, 6) is -0.546. The molecular formula is C12H17NO4. The summed E-state index contributed by atoms with van der Waals surface area (Å²) in [5.41, 5.74) is 0.490. The van der Waals surface area contributed by atoms with E-state index in [1.165, 1.54) is 11.2 Å². The quantitative estimate of drug-likeness (QED) is 0.852. The molecule has 1 aromatic heterocycles. The van der Waals surface area contributed by atoms with Crippen LogP contribution in [0.3, 0.4) is 0 Å². The standard InChI is InChI=1S/C12H17NO4/c1-8(2)13(6-4-11(14)15)12(16)10-5-7-17-9(10)3/h5,7-8H,4,6H2,1-3H3,(H,14,15). The molecule has 0 aliphatic rings. The van der Waals surface area contributed by atoms with Crippen molar-refractivity contribution in [3.63, 3.8) is 0 Å². The van der Waals surface area contributed by atoms with E-state index in [1.807, 2.05) is 13.8 Å². The second kappa shape index (κ2) is 5.52. The summed E-state index contributed by atoms with van der Waals surface area (Å²) < 4.78 is 5.08. The minimum absolute atomic E-state index is 0.0452. The number of furan rings is 1. The normalized spacial score (nSPS) is 10.6. The number of carbonyl (C=O) groups is 2. The van der Waals surface area contributed by atoms with Crippen LogP contribution in [0.5, 0.6) is 0 Å². The Hall–Kier alpha value is -1.78. The van der Waals surface area contributed by atoms with Crippen LogP contribution in [0.2, 0.25) is 0 Å². The summed E-state index contributed by atoms with van der Waals surface area (Å²) in [6.07, 6.45) is 1.40. The van der Waals surface area contributed by atoms with Crippen molar-refractivity contribution in [3.05, 3.63) is 23.7 Å². The third kappa shape index (κ3) is 3.34. The molecule has 0 aromatic carbocycles. The smallest absolute Gasteiger partial charge is 0.305 e. The second-order valence-corrected chi connectivity index (χ2v) is 4.13. The second-order valence-electron chi connectivity index (χ2n) is 4.13. The molecule has 1 N–H and O–H groups in total. The molecule has 0 radical (unpaired) electrons. The van der Waals surface area contributed by atoms with Gasteiger partial charge in [0.1, 0.15) is 5.76 Å². The Bertz CT molecular complexity index is 408. The Morgan fingerprint density at radius 2 is 2.12 bits per heavy atom. The van der Waals surface area contributed by atoms with Gasteiger partial charge in [-0.3, -0.25) is 9.59 Å². The number of aliphatic carboxylic acids is 1. The van der Waals surface area contributed by atoms with Gasteiger partial charge in [0, 0.05) is 12.6 Å². The maximum atomic E-state index is 12.2. The minimum Gasteiger partial charge on any atom is -0.481 e. The highest BCUT2D eigenvalue weighted by molar-refractivity contribution is 5.95. The molecule has 1 rings (SSSR count). The Morgan fingerprint density at radius 3 is 2.53 bits per heavy atom. The molecule has 0 spiro atoms. The molecule has 17 heavy (non-hydrogen) atoms. The molecule has 0 unspecified atom stereocenters. The van der Waals surface area contributed by atoms with Gasteiger partial charge in [-0.25, -0.2) is 0 Å². The average Bonchev–Trinajstić information content (AvgIpc) is 2.63. The number of hydrogen-bond donors (Lipinski definition) is 1. The molecule has 0 fully saturated rings. The van der Waals surface area contributed by atoms with Crippen molar-refractivity contribution in [2.75, 3.05) is 6.54 Å². The SMILES string of the molecule is Cc1occc1C(=O)N(CCC(=O)O)C(C)C. The van der Waals surface area contributed by atoms with E-state index in [0.29, 0.717) is 11.3 Å². The van der Waals surface area contributed by atoms with Crippen LogP contribution in [0.4, 0.5) is 0 Å². The van der Waals surface area contributed by atoms with Gasteiger partial charge in [0.05, 0.1) is 18.2 Å². The maximum Gasteiger partial charge on any atom is 0.305 e. The van der Waals surface area contributed by atoms with Gasteiger partial charge in [0.2, 0.25) is 0 Å². The number of amides is 1. The minimum atomic E-state index is -0.910. The van der Waals surface area contributed by atoms with Crippen molar-refractivity contribution in [1.82, 2.24) is 4.90 Å². The molecule has 5 heteroatoms. The summed E-state index contributed by atoms with van der Waals surface area (Å²) in [6.45, 7) is 5.63. The predicted molar refractivity (Wildman–Crippen MR) is 61.9 cm³/mol. The summed E-state index contributed by atoms with van der Waals surface area (Å²) >= 11 is 0. The monoisotopic (exact) mass is 239 g/mol. The highest BCUT2D eigenvalue weighted by Crippen LogP contribution is 2.14. The van der Waals surface area contributed by atoms with E-state index in [9.17, 15) is 9.59 Å². The van der Waals surface area contributed by atoms with Crippen LogP contribution < -0.4 is 0 Å². The fraction of sp³-hybridized carbons (Fsp3) is 0.500. The highest BCUT2D eigenvalue weighted by Gasteiger charge is 2.22. The summed E-state index contributed by atoms with van der Waals surface area (Å²) in [5, 5.41) is 8.65. The lowest BCUT2D eigenvalue weighted by Gasteiger charge is -2.25. The van der Waals surface area contributed by atoms with E-state index >= 15 is 0 Å². The number of carboxylic acid groups (broad SMARTS) is 1. The van der Waals surface area contributed by atoms with Crippen LogP contribution in [0.25, 0.3) is 0 Å². The summed E-state index contributed by atoms with van der Waals surface area (Å²) in [6, 6.07) is 1.56. The third-order valence-corrected chi connectivity index (χ3v) is 2.54. The molecule has 5 nitrogen and oxygen atoms in total. The van der Waals surface area contributed by atoms with E-state index in [-0.39, 0.29) is 24.9 Å². The molecule has 1 aromatic rings. The molecule has 0 atom stereocenters. The van der Waals surface area contributed by atoms with Crippen LogP contribution in [0.1, 0.15) is 36.4 Å². The topological polar surface area (TPSA) is 70.8 Å². The number of carboxylic acids is 1. The number of nitrogens with zero attached hydrogens (tertiary/aromatic N) is 1. The van der Waals surface area contributed by atoms with Gasteiger partial charge in [-0.05, 0) is 26.8 Å². The maximum absolute atomic E-state index is 12.2. The molecule has 0 saturated heterocycles. The number of aryl methyl sites for hydroxylation is 1. The summed E-state index contributed by atoms with van der Waals surface area (Å²) in [7, 11) is 0.